The summed E-state index contributed by atoms with van der Waals surface area (Å²) >= 11 is 2.38. The molecule has 0 spiro atoms. The summed E-state index contributed by atoms with van der Waals surface area (Å²) in [6.45, 7) is 9.42. The van der Waals surface area contributed by atoms with Gasteiger partial charge in [-0.2, -0.15) is 0 Å². The Morgan fingerprint density at radius 3 is 2.25 bits per heavy atom. The van der Waals surface area contributed by atoms with E-state index in [0.717, 1.165) is 49.9 Å². The zero-order valence-corrected chi connectivity index (χ0v) is 11.9. The van der Waals surface area contributed by atoms with Crippen molar-refractivity contribution >= 4 is 22.9 Å². The largest absolute Gasteiger partial charge is 0.293 e. The normalized spacial score (nSPS) is 18.9. The summed E-state index contributed by atoms with van der Waals surface area (Å²) < 4.78 is 2.33. The molecule has 1 aromatic heterocycles. The molecule has 16 heavy (non-hydrogen) atoms. The zero-order chi connectivity index (χ0) is 11.5. The van der Waals surface area contributed by atoms with Crippen LogP contribution < -0.4 is 0 Å². The maximum atomic E-state index is 4.48. The average molecular weight is 332 g/mol. The van der Waals surface area contributed by atoms with Crippen molar-refractivity contribution in [2.75, 3.05) is 26.2 Å². The molecule has 1 fully saturated rings. The molecule has 5 heteroatoms. The molecule has 2 heterocycles. The molecule has 0 radical (unpaired) electrons. The molecular formula is C11H17IN4. The van der Waals surface area contributed by atoms with Gasteiger partial charge in [0.05, 0.1) is 6.54 Å². The maximum Gasteiger partial charge on any atom is 0.142 e. The molecule has 88 valence electrons. The fourth-order valence-corrected chi connectivity index (χ4v) is 2.38. The van der Waals surface area contributed by atoms with Crippen LogP contribution in [0, 0.1) is 13.8 Å². The van der Waals surface area contributed by atoms with E-state index in [-0.39, 0.29) is 0 Å². The van der Waals surface area contributed by atoms with Crippen LogP contribution in [0.4, 0.5) is 0 Å². The summed E-state index contributed by atoms with van der Waals surface area (Å²) in [4.78, 5) is 11.4. The minimum absolute atomic E-state index is 0.882. The van der Waals surface area contributed by atoms with Crippen LogP contribution in [0.2, 0.25) is 0 Å². The number of halogens is 1. The van der Waals surface area contributed by atoms with E-state index in [1.807, 2.05) is 19.9 Å². The first-order valence-corrected chi connectivity index (χ1v) is 6.54. The highest BCUT2D eigenvalue weighted by atomic mass is 127. The minimum atomic E-state index is 0.882. The maximum absolute atomic E-state index is 4.48. The van der Waals surface area contributed by atoms with Gasteiger partial charge in [0.2, 0.25) is 0 Å². The lowest BCUT2D eigenvalue weighted by Crippen LogP contribution is -2.41. The van der Waals surface area contributed by atoms with Crippen LogP contribution in [-0.4, -0.2) is 44.2 Å². The van der Waals surface area contributed by atoms with Crippen LogP contribution in [0.5, 0.6) is 0 Å². The molecule has 1 aliphatic rings. The molecule has 0 saturated carbocycles. The molecule has 0 N–H and O–H groups in total. The topological polar surface area (TPSA) is 32.3 Å². The van der Waals surface area contributed by atoms with Crippen molar-refractivity contribution in [1.82, 2.24) is 18.0 Å². The van der Waals surface area contributed by atoms with Crippen molar-refractivity contribution in [2.45, 2.75) is 20.4 Å². The van der Waals surface area contributed by atoms with Gasteiger partial charge in [-0.15, -0.1) is 0 Å². The average Bonchev–Trinajstić information content (AvgIpc) is 2.20. The Hall–Kier alpha value is -0.270. The van der Waals surface area contributed by atoms with E-state index >= 15 is 0 Å². The molecule has 0 amide bonds. The highest BCUT2D eigenvalue weighted by molar-refractivity contribution is 14.1. The summed E-state index contributed by atoms with van der Waals surface area (Å²) in [7, 11) is 0. The SMILES string of the molecule is Cc1cc(C)nc(CN2CCN(I)CC2)n1. The lowest BCUT2D eigenvalue weighted by atomic mass is 10.3. The number of piperazine rings is 1. The first-order valence-electron chi connectivity index (χ1n) is 5.58. The molecule has 0 bridgehead atoms. The van der Waals surface area contributed by atoms with E-state index in [1.165, 1.54) is 0 Å². The predicted octanol–water partition coefficient (Wildman–Crippen LogP) is 1.56. The second-order valence-electron chi connectivity index (χ2n) is 4.25. The van der Waals surface area contributed by atoms with E-state index < -0.39 is 0 Å². The molecule has 4 nitrogen and oxygen atoms in total. The highest BCUT2D eigenvalue weighted by Crippen LogP contribution is 2.09. The molecule has 0 atom stereocenters. The second-order valence-corrected chi connectivity index (χ2v) is 5.62. The number of aromatic nitrogens is 2. The van der Waals surface area contributed by atoms with Crippen LogP contribution in [0.3, 0.4) is 0 Å². The Morgan fingerprint density at radius 2 is 1.69 bits per heavy atom. The number of nitrogens with zero attached hydrogens (tertiary/aromatic N) is 4. The highest BCUT2D eigenvalue weighted by Gasteiger charge is 2.15. The van der Waals surface area contributed by atoms with Crippen molar-refractivity contribution in [2.24, 2.45) is 0 Å². The summed E-state index contributed by atoms with van der Waals surface area (Å²) in [5.41, 5.74) is 2.13. The van der Waals surface area contributed by atoms with Gasteiger partial charge in [0.25, 0.3) is 0 Å². The van der Waals surface area contributed by atoms with E-state index in [0.29, 0.717) is 0 Å². The summed E-state index contributed by atoms with van der Waals surface area (Å²) in [6.07, 6.45) is 0. The molecule has 1 saturated heterocycles. The third-order valence-electron chi connectivity index (χ3n) is 2.71. The van der Waals surface area contributed by atoms with Gasteiger partial charge in [-0.1, -0.05) is 0 Å². The zero-order valence-electron chi connectivity index (χ0n) is 9.78. The van der Waals surface area contributed by atoms with Crippen LogP contribution in [0.15, 0.2) is 6.07 Å². The Morgan fingerprint density at radius 1 is 1.12 bits per heavy atom. The van der Waals surface area contributed by atoms with Gasteiger partial charge in [0.15, 0.2) is 0 Å². The Bertz CT molecular complexity index is 341. The van der Waals surface area contributed by atoms with Crippen LogP contribution in [0.1, 0.15) is 17.2 Å². The van der Waals surface area contributed by atoms with Crippen LogP contribution in [0.25, 0.3) is 0 Å². The molecule has 1 aromatic rings. The molecule has 2 rings (SSSR count). The van der Waals surface area contributed by atoms with Gasteiger partial charge in [0.1, 0.15) is 5.82 Å². The lowest BCUT2D eigenvalue weighted by Gasteiger charge is -2.30. The van der Waals surface area contributed by atoms with Crippen LogP contribution >= 0.6 is 22.9 Å². The molecule has 0 unspecified atom stereocenters. The van der Waals surface area contributed by atoms with Crippen molar-refractivity contribution in [3.05, 3.63) is 23.3 Å². The Kier molecular flexibility index (Phi) is 4.10. The van der Waals surface area contributed by atoms with Crippen LogP contribution in [-0.2, 0) is 6.54 Å². The second kappa shape index (κ2) is 5.37. The molecule has 1 aliphatic heterocycles. The third-order valence-corrected chi connectivity index (χ3v) is 3.68. The number of aryl methyl sites for hydroxylation is 2. The van der Waals surface area contributed by atoms with Gasteiger partial charge < -0.3 is 0 Å². The smallest absolute Gasteiger partial charge is 0.142 e. The molecule has 0 aliphatic carbocycles. The van der Waals surface area contributed by atoms with Crippen molar-refractivity contribution in [1.29, 1.82) is 0 Å². The minimum Gasteiger partial charge on any atom is -0.293 e. The van der Waals surface area contributed by atoms with E-state index in [4.69, 9.17) is 0 Å². The quantitative estimate of drug-likeness (QED) is 0.608. The monoisotopic (exact) mass is 332 g/mol. The van der Waals surface area contributed by atoms with Gasteiger partial charge >= 0.3 is 0 Å². The van der Waals surface area contributed by atoms with Gasteiger partial charge in [-0.05, 0) is 19.9 Å². The predicted molar refractivity (Wildman–Crippen MR) is 72.4 cm³/mol. The molecular weight excluding hydrogens is 315 g/mol. The van der Waals surface area contributed by atoms with Gasteiger partial charge in [-0.25, -0.2) is 13.1 Å². The van der Waals surface area contributed by atoms with Crippen molar-refractivity contribution in [3.8, 4) is 0 Å². The number of hydrogen-bond donors (Lipinski definition) is 0. The summed E-state index contributed by atoms with van der Waals surface area (Å²) in [5, 5.41) is 0. The molecule has 0 aromatic carbocycles. The fourth-order valence-electron chi connectivity index (χ4n) is 1.95. The third kappa shape index (κ3) is 3.36. The van der Waals surface area contributed by atoms with Crippen molar-refractivity contribution < 1.29 is 0 Å². The van der Waals surface area contributed by atoms with Gasteiger partial charge in [-0.3, -0.25) is 4.90 Å². The van der Waals surface area contributed by atoms with Crippen molar-refractivity contribution in [3.63, 3.8) is 0 Å². The summed E-state index contributed by atoms with van der Waals surface area (Å²) in [5.74, 6) is 0.958. The number of hydrogen-bond acceptors (Lipinski definition) is 4. The van der Waals surface area contributed by atoms with E-state index in [2.05, 4.69) is 40.8 Å². The van der Waals surface area contributed by atoms with E-state index in [9.17, 15) is 0 Å². The lowest BCUT2D eigenvalue weighted by molar-refractivity contribution is 0.194. The summed E-state index contributed by atoms with van der Waals surface area (Å²) in [6, 6.07) is 2.02. The number of rotatable bonds is 2. The van der Waals surface area contributed by atoms with Gasteiger partial charge in [0, 0.05) is 60.4 Å². The Labute approximate surface area is 111 Å². The Balaban J connectivity index is 1.98. The van der Waals surface area contributed by atoms with E-state index in [1.54, 1.807) is 0 Å². The first kappa shape index (κ1) is 12.2. The first-order chi connectivity index (χ1) is 7.63. The fraction of sp³-hybridized carbons (Fsp3) is 0.636. The standard InChI is InChI=1S/C11H17IN4/c1-9-7-10(2)14-11(13-9)8-15-3-5-16(12)6-4-15/h7H,3-6,8H2,1-2H3.